The average Bonchev–Trinajstić information content (AvgIpc) is 2.86. The van der Waals surface area contributed by atoms with Crippen LogP contribution in [-0.4, -0.2) is 33.8 Å². The minimum Gasteiger partial charge on any atom is -0.464 e. The van der Waals surface area contributed by atoms with Crippen molar-refractivity contribution in [3.8, 4) is 0 Å². The topological polar surface area (TPSA) is 72.3 Å². The lowest BCUT2D eigenvalue weighted by atomic mass is 9.99. The number of nitrogens with zero attached hydrogens (tertiary/aromatic N) is 2. The molecule has 1 aromatic carbocycles. The van der Waals surface area contributed by atoms with Crippen LogP contribution in [0.2, 0.25) is 0 Å². The standard InChI is InChI=1S/C15H16N2O3/c1-2-20-15(19)14(18)11-5-9-7-12-13(8-10(9)6-11)17-4-3-16-12/h3-4,7-8,11,14,18H,2,5-6H2,1H3. The summed E-state index contributed by atoms with van der Waals surface area (Å²) in [4.78, 5) is 20.2. The number of rotatable bonds is 3. The van der Waals surface area contributed by atoms with Gasteiger partial charge in [0.25, 0.3) is 0 Å². The van der Waals surface area contributed by atoms with Crippen molar-refractivity contribution in [3.63, 3.8) is 0 Å². The molecule has 0 amide bonds. The smallest absolute Gasteiger partial charge is 0.335 e. The van der Waals surface area contributed by atoms with E-state index < -0.39 is 12.1 Å². The molecule has 0 fully saturated rings. The fraction of sp³-hybridized carbons (Fsp3) is 0.400. The van der Waals surface area contributed by atoms with Crippen LogP contribution in [0.15, 0.2) is 24.5 Å². The number of benzene rings is 1. The van der Waals surface area contributed by atoms with Gasteiger partial charge in [0.2, 0.25) is 0 Å². The Morgan fingerprint density at radius 2 is 1.85 bits per heavy atom. The van der Waals surface area contributed by atoms with Gasteiger partial charge in [0.1, 0.15) is 0 Å². The monoisotopic (exact) mass is 272 g/mol. The minimum atomic E-state index is -1.06. The Hall–Kier alpha value is -2.01. The molecule has 1 unspecified atom stereocenters. The summed E-state index contributed by atoms with van der Waals surface area (Å²) in [6.45, 7) is 2.02. The summed E-state index contributed by atoms with van der Waals surface area (Å²) >= 11 is 0. The number of hydrogen-bond acceptors (Lipinski definition) is 5. The Bertz CT molecular complexity index is 612. The molecular weight excluding hydrogens is 256 g/mol. The first kappa shape index (κ1) is 13.0. The first-order valence-corrected chi connectivity index (χ1v) is 6.76. The molecule has 0 saturated heterocycles. The van der Waals surface area contributed by atoms with Crippen molar-refractivity contribution >= 4 is 17.0 Å². The molecule has 3 rings (SSSR count). The van der Waals surface area contributed by atoms with Gasteiger partial charge in [0.05, 0.1) is 17.6 Å². The molecule has 20 heavy (non-hydrogen) atoms. The summed E-state index contributed by atoms with van der Waals surface area (Å²) in [5.74, 6) is -0.660. The van der Waals surface area contributed by atoms with Gasteiger partial charge in [-0.3, -0.25) is 9.97 Å². The lowest BCUT2D eigenvalue weighted by Crippen LogP contribution is -2.31. The zero-order chi connectivity index (χ0) is 14.1. The van der Waals surface area contributed by atoms with E-state index in [1.165, 1.54) is 0 Å². The summed E-state index contributed by atoms with van der Waals surface area (Å²) in [5, 5.41) is 10.1. The summed E-state index contributed by atoms with van der Waals surface area (Å²) in [5.41, 5.74) is 3.95. The van der Waals surface area contributed by atoms with E-state index >= 15 is 0 Å². The van der Waals surface area contributed by atoms with Crippen LogP contribution < -0.4 is 0 Å². The molecule has 0 aliphatic heterocycles. The van der Waals surface area contributed by atoms with E-state index in [9.17, 15) is 9.90 Å². The van der Waals surface area contributed by atoms with Crippen molar-refractivity contribution < 1.29 is 14.6 Å². The maximum Gasteiger partial charge on any atom is 0.335 e. The van der Waals surface area contributed by atoms with Crippen molar-refractivity contribution in [2.45, 2.75) is 25.9 Å². The molecule has 1 atom stereocenters. The van der Waals surface area contributed by atoms with E-state index in [0.717, 1.165) is 22.2 Å². The van der Waals surface area contributed by atoms with Crippen molar-refractivity contribution in [2.24, 2.45) is 5.92 Å². The fourth-order valence-electron chi connectivity index (χ4n) is 2.76. The van der Waals surface area contributed by atoms with Crippen molar-refractivity contribution in [1.29, 1.82) is 0 Å². The van der Waals surface area contributed by atoms with Gasteiger partial charge in [0, 0.05) is 18.3 Å². The van der Waals surface area contributed by atoms with E-state index in [0.29, 0.717) is 12.8 Å². The highest BCUT2D eigenvalue weighted by Crippen LogP contribution is 2.31. The zero-order valence-corrected chi connectivity index (χ0v) is 11.2. The Labute approximate surface area is 116 Å². The molecule has 1 aliphatic rings. The SMILES string of the molecule is CCOC(=O)C(O)C1Cc2cc3nccnc3cc2C1. The number of aliphatic hydroxyl groups is 1. The molecule has 2 aromatic rings. The third kappa shape index (κ3) is 2.25. The number of esters is 1. The van der Waals surface area contributed by atoms with Gasteiger partial charge in [0.15, 0.2) is 6.10 Å². The second-order valence-electron chi connectivity index (χ2n) is 5.03. The fourth-order valence-corrected chi connectivity index (χ4v) is 2.76. The number of aliphatic hydroxyl groups excluding tert-OH is 1. The molecule has 1 heterocycles. The zero-order valence-electron chi connectivity index (χ0n) is 11.2. The van der Waals surface area contributed by atoms with Crippen molar-refractivity contribution in [1.82, 2.24) is 9.97 Å². The quantitative estimate of drug-likeness (QED) is 0.852. The van der Waals surface area contributed by atoms with Crippen molar-refractivity contribution in [2.75, 3.05) is 6.61 Å². The first-order valence-electron chi connectivity index (χ1n) is 6.76. The molecule has 5 nitrogen and oxygen atoms in total. The number of hydrogen-bond donors (Lipinski definition) is 1. The van der Waals surface area contributed by atoms with Gasteiger partial charge in [-0.15, -0.1) is 0 Å². The van der Waals surface area contributed by atoms with Gasteiger partial charge >= 0.3 is 5.97 Å². The van der Waals surface area contributed by atoms with E-state index in [-0.39, 0.29) is 12.5 Å². The van der Waals surface area contributed by atoms with Crippen LogP contribution in [0, 0.1) is 5.92 Å². The molecule has 1 N–H and O–H groups in total. The number of carbonyl (C=O) groups excluding carboxylic acids is 1. The van der Waals surface area contributed by atoms with Crippen LogP contribution in [0.1, 0.15) is 18.1 Å². The highest BCUT2D eigenvalue weighted by atomic mass is 16.5. The average molecular weight is 272 g/mol. The summed E-state index contributed by atoms with van der Waals surface area (Å²) in [7, 11) is 0. The van der Waals surface area contributed by atoms with Gasteiger partial charge in [-0.05, 0) is 43.0 Å². The lowest BCUT2D eigenvalue weighted by Gasteiger charge is -2.15. The highest BCUT2D eigenvalue weighted by molar-refractivity contribution is 5.77. The van der Waals surface area contributed by atoms with Crippen LogP contribution in [0.3, 0.4) is 0 Å². The van der Waals surface area contributed by atoms with E-state index in [2.05, 4.69) is 9.97 Å². The molecule has 0 radical (unpaired) electrons. The number of ether oxygens (including phenoxy) is 1. The second-order valence-corrected chi connectivity index (χ2v) is 5.03. The van der Waals surface area contributed by atoms with Gasteiger partial charge in [-0.1, -0.05) is 0 Å². The maximum atomic E-state index is 11.6. The predicted molar refractivity (Wildman–Crippen MR) is 73.1 cm³/mol. The molecule has 0 bridgehead atoms. The number of fused-ring (bicyclic) bond motifs is 2. The van der Waals surface area contributed by atoms with Crippen LogP contribution in [0.25, 0.3) is 11.0 Å². The minimum absolute atomic E-state index is 0.124. The highest BCUT2D eigenvalue weighted by Gasteiger charge is 2.33. The van der Waals surface area contributed by atoms with Crippen molar-refractivity contribution in [3.05, 3.63) is 35.7 Å². The third-order valence-electron chi connectivity index (χ3n) is 3.73. The van der Waals surface area contributed by atoms with E-state index in [4.69, 9.17) is 4.74 Å². The summed E-state index contributed by atoms with van der Waals surface area (Å²) in [6, 6.07) is 3.99. The normalized spacial score (nSPS) is 16.1. The Balaban J connectivity index is 1.85. The Kier molecular flexibility index (Phi) is 3.36. The summed E-state index contributed by atoms with van der Waals surface area (Å²) < 4.78 is 4.88. The maximum absolute atomic E-state index is 11.6. The molecule has 1 aliphatic carbocycles. The van der Waals surface area contributed by atoms with E-state index in [1.54, 1.807) is 19.3 Å². The molecule has 5 heteroatoms. The second kappa shape index (κ2) is 5.17. The molecular formula is C15H16N2O3. The van der Waals surface area contributed by atoms with Gasteiger partial charge in [-0.25, -0.2) is 4.79 Å². The molecule has 104 valence electrons. The predicted octanol–water partition coefficient (Wildman–Crippen LogP) is 1.27. The number of carbonyl (C=O) groups is 1. The first-order chi connectivity index (χ1) is 9.69. The largest absolute Gasteiger partial charge is 0.464 e. The lowest BCUT2D eigenvalue weighted by molar-refractivity contribution is -0.155. The summed E-state index contributed by atoms with van der Waals surface area (Å²) in [6.07, 6.45) is 3.60. The van der Waals surface area contributed by atoms with Crippen LogP contribution in [0.4, 0.5) is 0 Å². The molecule has 1 aromatic heterocycles. The van der Waals surface area contributed by atoms with Gasteiger partial charge < -0.3 is 9.84 Å². The van der Waals surface area contributed by atoms with Crippen LogP contribution >= 0.6 is 0 Å². The van der Waals surface area contributed by atoms with Gasteiger partial charge in [-0.2, -0.15) is 0 Å². The van der Waals surface area contributed by atoms with Crippen LogP contribution in [-0.2, 0) is 22.4 Å². The Morgan fingerprint density at radius 3 is 2.35 bits per heavy atom. The Morgan fingerprint density at radius 1 is 1.30 bits per heavy atom. The van der Waals surface area contributed by atoms with Crippen LogP contribution in [0.5, 0.6) is 0 Å². The molecule has 0 saturated carbocycles. The number of aromatic nitrogens is 2. The van der Waals surface area contributed by atoms with E-state index in [1.807, 2.05) is 12.1 Å². The molecule has 0 spiro atoms. The third-order valence-corrected chi connectivity index (χ3v) is 3.73.